The number of rotatable bonds is 0. The standard InChI is InChI=1S/C30H20O/c1-30(31)27-13-12-21-14-19-7-2-3-8-20(19)15-25(21)29(27)26-16-22-11-10-18-6-4-5-9-23(18)24(22)17-28(26)30/h2-17,31H,1H3. The highest BCUT2D eigenvalue weighted by Crippen LogP contribution is 2.52. The van der Waals surface area contributed by atoms with Crippen molar-refractivity contribution in [2.75, 3.05) is 0 Å². The quantitative estimate of drug-likeness (QED) is 0.208. The van der Waals surface area contributed by atoms with E-state index in [-0.39, 0.29) is 0 Å². The van der Waals surface area contributed by atoms with Crippen molar-refractivity contribution in [3.05, 3.63) is 108 Å². The summed E-state index contributed by atoms with van der Waals surface area (Å²) in [5, 5.41) is 21.4. The van der Waals surface area contributed by atoms with Crippen molar-refractivity contribution in [1.82, 2.24) is 0 Å². The van der Waals surface area contributed by atoms with Gasteiger partial charge in [-0.3, -0.25) is 0 Å². The molecular weight excluding hydrogens is 376 g/mol. The number of aliphatic hydroxyl groups is 1. The molecule has 1 nitrogen and oxygen atoms in total. The third-order valence-corrected chi connectivity index (χ3v) is 7.09. The fourth-order valence-corrected chi connectivity index (χ4v) is 5.52. The fraction of sp³-hybridized carbons (Fsp3) is 0.0667. The van der Waals surface area contributed by atoms with Crippen LogP contribution in [0.25, 0.3) is 54.2 Å². The third-order valence-electron chi connectivity index (χ3n) is 7.09. The van der Waals surface area contributed by atoms with Crippen LogP contribution in [0.5, 0.6) is 0 Å². The maximum absolute atomic E-state index is 11.7. The highest BCUT2D eigenvalue weighted by Gasteiger charge is 2.38. The van der Waals surface area contributed by atoms with Gasteiger partial charge in [0.05, 0.1) is 0 Å². The second kappa shape index (κ2) is 5.72. The highest BCUT2D eigenvalue weighted by atomic mass is 16.3. The molecule has 0 saturated heterocycles. The second-order valence-electron chi connectivity index (χ2n) is 8.89. The first kappa shape index (κ1) is 17.0. The molecule has 0 amide bonds. The predicted molar refractivity (Wildman–Crippen MR) is 131 cm³/mol. The molecule has 7 rings (SSSR count). The third kappa shape index (κ3) is 2.19. The van der Waals surface area contributed by atoms with E-state index in [2.05, 4.69) is 97.1 Å². The zero-order valence-corrected chi connectivity index (χ0v) is 17.2. The Hall–Kier alpha value is -3.68. The van der Waals surface area contributed by atoms with Gasteiger partial charge in [-0.15, -0.1) is 0 Å². The van der Waals surface area contributed by atoms with Gasteiger partial charge in [0.2, 0.25) is 0 Å². The van der Waals surface area contributed by atoms with Crippen LogP contribution >= 0.6 is 0 Å². The molecule has 0 radical (unpaired) electrons. The molecule has 0 aromatic heterocycles. The van der Waals surface area contributed by atoms with Crippen LogP contribution in [0.4, 0.5) is 0 Å². The Bertz CT molecular complexity index is 1710. The normalized spacial score (nSPS) is 17.5. The zero-order chi connectivity index (χ0) is 20.7. The van der Waals surface area contributed by atoms with E-state index in [1.54, 1.807) is 0 Å². The van der Waals surface area contributed by atoms with Gasteiger partial charge in [-0.25, -0.2) is 0 Å². The van der Waals surface area contributed by atoms with Crippen molar-refractivity contribution in [2.24, 2.45) is 0 Å². The smallest absolute Gasteiger partial charge is 0.113 e. The Morgan fingerprint density at radius 2 is 1.16 bits per heavy atom. The van der Waals surface area contributed by atoms with E-state index in [4.69, 9.17) is 0 Å². The lowest BCUT2D eigenvalue weighted by atomic mass is 9.90. The zero-order valence-electron chi connectivity index (χ0n) is 17.2. The van der Waals surface area contributed by atoms with Crippen molar-refractivity contribution in [3.63, 3.8) is 0 Å². The van der Waals surface area contributed by atoms with E-state index in [1.165, 1.54) is 48.7 Å². The van der Waals surface area contributed by atoms with Crippen molar-refractivity contribution < 1.29 is 5.11 Å². The molecule has 0 fully saturated rings. The van der Waals surface area contributed by atoms with Gasteiger partial charge in [0.25, 0.3) is 0 Å². The minimum Gasteiger partial charge on any atom is -0.381 e. The van der Waals surface area contributed by atoms with E-state index in [0.717, 1.165) is 16.7 Å². The highest BCUT2D eigenvalue weighted by molar-refractivity contribution is 6.13. The minimum atomic E-state index is -1.02. The summed E-state index contributed by atoms with van der Waals surface area (Å²) in [5.74, 6) is 0. The maximum atomic E-state index is 11.7. The van der Waals surface area contributed by atoms with E-state index in [1.807, 2.05) is 6.92 Å². The Morgan fingerprint density at radius 3 is 2.00 bits per heavy atom. The molecule has 1 aliphatic rings. The van der Waals surface area contributed by atoms with Gasteiger partial charge < -0.3 is 5.11 Å². The van der Waals surface area contributed by atoms with Crippen molar-refractivity contribution in [2.45, 2.75) is 12.5 Å². The van der Waals surface area contributed by atoms with Gasteiger partial charge in [0.15, 0.2) is 0 Å². The fourth-order valence-electron chi connectivity index (χ4n) is 5.52. The molecule has 1 N–H and O–H groups in total. The summed E-state index contributed by atoms with van der Waals surface area (Å²) in [7, 11) is 0. The van der Waals surface area contributed by atoms with Gasteiger partial charge >= 0.3 is 0 Å². The summed E-state index contributed by atoms with van der Waals surface area (Å²) in [6.07, 6.45) is 0. The van der Waals surface area contributed by atoms with Crippen LogP contribution in [-0.4, -0.2) is 5.11 Å². The first-order chi connectivity index (χ1) is 15.1. The topological polar surface area (TPSA) is 20.2 Å². The largest absolute Gasteiger partial charge is 0.381 e. The van der Waals surface area contributed by atoms with Crippen molar-refractivity contribution in [3.8, 4) is 11.1 Å². The first-order valence-electron chi connectivity index (χ1n) is 10.8. The molecule has 0 heterocycles. The molecule has 6 aromatic carbocycles. The Balaban J connectivity index is 1.63. The van der Waals surface area contributed by atoms with E-state index < -0.39 is 5.60 Å². The summed E-state index contributed by atoms with van der Waals surface area (Å²) in [4.78, 5) is 0. The SMILES string of the molecule is CC1(O)c2cc3c(ccc4ccccc43)cc2-c2c1ccc1cc3ccccc3cc21. The van der Waals surface area contributed by atoms with Crippen LogP contribution in [0.3, 0.4) is 0 Å². The second-order valence-corrected chi connectivity index (χ2v) is 8.89. The number of benzene rings is 6. The van der Waals surface area contributed by atoms with E-state index >= 15 is 0 Å². The average molecular weight is 396 g/mol. The maximum Gasteiger partial charge on any atom is 0.113 e. The van der Waals surface area contributed by atoms with Crippen LogP contribution in [0.2, 0.25) is 0 Å². The lowest BCUT2D eigenvalue weighted by molar-refractivity contribution is 0.107. The molecule has 1 unspecified atom stereocenters. The van der Waals surface area contributed by atoms with E-state index in [0.29, 0.717) is 0 Å². The predicted octanol–water partition coefficient (Wildman–Crippen LogP) is 7.54. The molecule has 1 aliphatic carbocycles. The van der Waals surface area contributed by atoms with Gasteiger partial charge in [0, 0.05) is 0 Å². The summed E-state index contributed by atoms with van der Waals surface area (Å²) in [6, 6.07) is 34.6. The number of fused-ring (bicyclic) bond motifs is 9. The summed E-state index contributed by atoms with van der Waals surface area (Å²) >= 11 is 0. The van der Waals surface area contributed by atoms with E-state index in [9.17, 15) is 5.11 Å². The van der Waals surface area contributed by atoms with Gasteiger partial charge in [0.1, 0.15) is 5.60 Å². The monoisotopic (exact) mass is 396 g/mol. The summed E-state index contributed by atoms with van der Waals surface area (Å²) in [5.41, 5.74) is 3.27. The Morgan fingerprint density at radius 1 is 0.516 bits per heavy atom. The van der Waals surface area contributed by atoms with Gasteiger partial charge in [-0.2, -0.15) is 0 Å². The molecule has 0 saturated carbocycles. The molecule has 31 heavy (non-hydrogen) atoms. The molecular formula is C30H20O. The molecule has 1 heteroatoms. The molecule has 0 spiro atoms. The number of hydrogen-bond acceptors (Lipinski definition) is 1. The van der Waals surface area contributed by atoms with Crippen LogP contribution in [0, 0.1) is 0 Å². The number of hydrogen-bond donors (Lipinski definition) is 1. The molecule has 6 aromatic rings. The van der Waals surface area contributed by atoms with Gasteiger partial charge in [-0.1, -0.05) is 72.8 Å². The lowest BCUT2D eigenvalue weighted by Crippen LogP contribution is -2.19. The minimum absolute atomic E-state index is 0.991. The van der Waals surface area contributed by atoms with Crippen molar-refractivity contribution in [1.29, 1.82) is 0 Å². The van der Waals surface area contributed by atoms with Crippen LogP contribution < -0.4 is 0 Å². The lowest BCUT2D eigenvalue weighted by Gasteiger charge is -2.20. The Labute approximate surface area is 180 Å². The van der Waals surface area contributed by atoms with Crippen LogP contribution in [-0.2, 0) is 5.60 Å². The van der Waals surface area contributed by atoms with Gasteiger partial charge in [-0.05, 0) is 96.5 Å². The first-order valence-corrected chi connectivity index (χ1v) is 10.8. The van der Waals surface area contributed by atoms with Crippen molar-refractivity contribution >= 4 is 43.1 Å². The molecule has 0 aliphatic heterocycles. The summed E-state index contributed by atoms with van der Waals surface area (Å²) < 4.78 is 0. The van der Waals surface area contributed by atoms with Crippen LogP contribution in [0.15, 0.2) is 97.1 Å². The van der Waals surface area contributed by atoms with Crippen LogP contribution in [0.1, 0.15) is 18.1 Å². The molecule has 0 bridgehead atoms. The molecule has 146 valence electrons. The average Bonchev–Trinajstić information content (AvgIpc) is 3.03. The molecule has 1 atom stereocenters. The summed E-state index contributed by atoms with van der Waals surface area (Å²) in [6.45, 7) is 1.93. The Kier molecular flexibility index (Phi) is 3.14.